The van der Waals surface area contributed by atoms with Crippen molar-refractivity contribution in [2.75, 3.05) is 13.1 Å². The number of piperidine rings is 1. The summed E-state index contributed by atoms with van der Waals surface area (Å²) < 4.78 is 5.43. The number of fused-ring (bicyclic) bond motifs is 2. The van der Waals surface area contributed by atoms with E-state index >= 15 is 0 Å². The highest BCUT2D eigenvalue weighted by Crippen LogP contribution is 2.46. The van der Waals surface area contributed by atoms with Gasteiger partial charge < -0.3 is 9.64 Å². The third kappa shape index (κ3) is 2.50. The average Bonchev–Trinajstić information content (AvgIpc) is 2.37. The molecule has 1 amide bonds. The largest absolute Gasteiger partial charge is 0.444 e. The molecule has 0 aromatic rings. The maximum atomic E-state index is 12.0. The minimum Gasteiger partial charge on any atom is -0.444 e. The number of hydrogen-bond acceptors (Lipinski definition) is 2. The molecule has 0 aromatic heterocycles. The minimum atomic E-state index is -0.380. The van der Waals surface area contributed by atoms with Gasteiger partial charge in [0.25, 0.3) is 0 Å². The van der Waals surface area contributed by atoms with Gasteiger partial charge in [0.2, 0.25) is 0 Å². The fourth-order valence-corrected chi connectivity index (χ4v) is 3.06. The Hall–Kier alpha value is -0.730. The Morgan fingerprint density at radius 3 is 2.69 bits per heavy atom. The number of nitrogens with zero attached hydrogens (tertiary/aromatic N) is 1. The van der Waals surface area contributed by atoms with E-state index in [-0.39, 0.29) is 11.7 Å². The number of carbonyl (C=O) groups is 1. The van der Waals surface area contributed by atoms with Crippen molar-refractivity contribution in [3.05, 3.63) is 0 Å². The lowest BCUT2D eigenvalue weighted by atomic mass is 9.84. The van der Waals surface area contributed by atoms with Gasteiger partial charge in [0.05, 0.1) is 0 Å². The SMILES string of the molecule is CC12CCC(CN(C(=O)OC(C)(C)C)C1)C2. The van der Waals surface area contributed by atoms with Crippen LogP contribution in [0.2, 0.25) is 0 Å². The van der Waals surface area contributed by atoms with Gasteiger partial charge in [-0.05, 0) is 51.4 Å². The van der Waals surface area contributed by atoms with Crippen LogP contribution in [0.25, 0.3) is 0 Å². The molecule has 1 heterocycles. The minimum absolute atomic E-state index is 0.134. The van der Waals surface area contributed by atoms with E-state index in [1.807, 2.05) is 25.7 Å². The third-order valence-corrected chi connectivity index (χ3v) is 3.64. The molecule has 2 aliphatic rings. The molecule has 2 rings (SSSR count). The first-order valence-corrected chi connectivity index (χ1v) is 6.25. The number of amides is 1. The lowest BCUT2D eigenvalue weighted by Crippen LogP contribution is -2.46. The molecule has 2 bridgehead atoms. The van der Waals surface area contributed by atoms with Gasteiger partial charge in [0.15, 0.2) is 0 Å². The van der Waals surface area contributed by atoms with Crippen LogP contribution in [0.4, 0.5) is 4.79 Å². The molecule has 0 spiro atoms. The maximum absolute atomic E-state index is 12.0. The van der Waals surface area contributed by atoms with E-state index in [4.69, 9.17) is 4.74 Å². The zero-order valence-corrected chi connectivity index (χ0v) is 10.9. The van der Waals surface area contributed by atoms with Crippen molar-refractivity contribution < 1.29 is 9.53 Å². The summed E-state index contributed by atoms with van der Waals surface area (Å²) in [5, 5.41) is 0. The zero-order chi connectivity index (χ0) is 12.0. The summed E-state index contributed by atoms with van der Waals surface area (Å²) in [7, 11) is 0. The summed E-state index contributed by atoms with van der Waals surface area (Å²) in [5.41, 5.74) is -0.0334. The Bertz CT molecular complexity index is 295. The average molecular weight is 225 g/mol. The van der Waals surface area contributed by atoms with Crippen molar-refractivity contribution in [2.45, 2.75) is 52.6 Å². The summed E-state index contributed by atoms with van der Waals surface area (Å²) in [6, 6.07) is 0. The van der Waals surface area contributed by atoms with Crippen LogP contribution in [0.3, 0.4) is 0 Å². The normalized spacial score (nSPS) is 34.0. The zero-order valence-electron chi connectivity index (χ0n) is 10.9. The quantitative estimate of drug-likeness (QED) is 0.634. The molecule has 16 heavy (non-hydrogen) atoms. The Labute approximate surface area is 98.1 Å². The summed E-state index contributed by atoms with van der Waals surface area (Å²) in [4.78, 5) is 13.9. The van der Waals surface area contributed by atoms with E-state index < -0.39 is 0 Å². The van der Waals surface area contributed by atoms with Gasteiger partial charge in [-0.2, -0.15) is 0 Å². The van der Waals surface area contributed by atoms with Crippen LogP contribution in [0, 0.1) is 11.3 Å². The van der Waals surface area contributed by atoms with Crippen molar-refractivity contribution in [1.29, 1.82) is 0 Å². The fourth-order valence-electron chi connectivity index (χ4n) is 3.06. The smallest absolute Gasteiger partial charge is 0.410 e. The van der Waals surface area contributed by atoms with Crippen molar-refractivity contribution in [2.24, 2.45) is 11.3 Å². The highest BCUT2D eigenvalue weighted by molar-refractivity contribution is 5.68. The molecule has 1 saturated heterocycles. The second kappa shape index (κ2) is 3.64. The van der Waals surface area contributed by atoms with Crippen molar-refractivity contribution in [3.63, 3.8) is 0 Å². The van der Waals surface area contributed by atoms with Crippen molar-refractivity contribution >= 4 is 6.09 Å². The third-order valence-electron chi connectivity index (χ3n) is 3.64. The molecule has 2 unspecified atom stereocenters. The van der Waals surface area contributed by atoms with Crippen LogP contribution in [-0.2, 0) is 4.74 Å². The molecular formula is C13H23NO2. The summed E-state index contributed by atoms with van der Waals surface area (Å²) in [6.07, 6.45) is 3.68. The highest BCUT2D eigenvalue weighted by atomic mass is 16.6. The van der Waals surface area contributed by atoms with Crippen LogP contribution in [0.15, 0.2) is 0 Å². The molecule has 0 radical (unpaired) electrons. The predicted molar refractivity (Wildman–Crippen MR) is 63.3 cm³/mol. The van der Waals surface area contributed by atoms with E-state index in [9.17, 15) is 4.79 Å². The van der Waals surface area contributed by atoms with Gasteiger partial charge in [-0.15, -0.1) is 0 Å². The standard InChI is InChI=1S/C13H23NO2/c1-12(2,3)16-11(15)14-8-10-5-6-13(4,7-10)9-14/h10H,5-9H2,1-4H3. The van der Waals surface area contributed by atoms with Gasteiger partial charge in [-0.3, -0.25) is 0 Å². The first kappa shape index (κ1) is 11.7. The number of rotatable bonds is 0. The van der Waals surface area contributed by atoms with Gasteiger partial charge in [0.1, 0.15) is 5.60 Å². The fraction of sp³-hybridized carbons (Fsp3) is 0.923. The monoisotopic (exact) mass is 225 g/mol. The number of ether oxygens (including phenoxy) is 1. The van der Waals surface area contributed by atoms with Crippen LogP contribution < -0.4 is 0 Å². The van der Waals surface area contributed by atoms with Crippen LogP contribution >= 0.6 is 0 Å². The van der Waals surface area contributed by atoms with E-state index in [1.165, 1.54) is 19.3 Å². The number of carbonyl (C=O) groups excluding carboxylic acids is 1. The van der Waals surface area contributed by atoms with E-state index in [2.05, 4.69) is 6.92 Å². The Balaban J connectivity index is 1.99. The molecule has 3 nitrogen and oxygen atoms in total. The molecule has 92 valence electrons. The van der Waals surface area contributed by atoms with Crippen molar-refractivity contribution in [3.8, 4) is 0 Å². The Morgan fingerprint density at radius 2 is 2.12 bits per heavy atom. The molecule has 1 aliphatic carbocycles. The van der Waals surface area contributed by atoms with Gasteiger partial charge in [-0.1, -0.05) is 6.92 Å². The lowest BCUT2D eigenvalue weighted by Gasteiger charge is -2.38. The first-order chi connectivity index (χ1) is 7.27. The molecule has 3 heteroatoms. The molecule has 1 saturated carbocycles. The van der Waals surface area contributed by atoms with Crippen LogP contribution in [0.1, 0.15) is 47.0 Å². The molecular weight excluding hydrogens is 202 g/mol. The van der Waals surface area contributed by atoms with Crippen molar-refractivity contribution in [1.82, 2.24) is 4.90 Å². The van der Waals surface area contributed by atoms with E-state index in [0.29, 0.717) is 11.3 Å². The highest BCUT2D eigenvalue weighted by Gasteiger charge is 2.43. The molecule has 0 N–H and O–H groups in total. The summed E-state index contributed by atoms with van der Waals surface area (Å²) in [6.45, 7) is 9.83. The number of likely N-dealkylation sites (tertiary alicyclic amines) is 1. The van der Waals surface area contributed by atoms with E-state index in [1.54, 1.807) is 0 Å². The first-order valence-electron chi connectivity index (χ1n) is 6.25. The van der Waals surface area contributed by atoms with Gasteiger partial charge in [-0.25, -0.2) is 4.79 Å². The van der Waals surface area contributed by atoms with Crippen LogP contribution in [0.5, 0.6) is 0 Å². The molecule has 0 aromatic carbocycles. The number of hydrogen-bond donors (Lipinski definition) is 0. The summed E-state index contributed by atoms with van der Waals surface area (Å²) in [5.74, 6) is 0.700. The van der Waals surface area contributed by atoms with Gasteiger partial charge >= 0.3 is 6.09 Å². The maximum Gasteiger partial charge on any atom is 0.410 e. The molecule has 2 atom stereocenters. The Morgan fingerprint density at radius 1 is 1.44 bits per heavy atom. The lowest BCUT2D eigenvalue weighted by molar-refractivity contribution is 0.00708. The van der Waals surface area contributed by atoms with Crippen LogP contribution in [-0.4, -0.2) is 29.7 Å². The topological polar surface area (TPSA) is 29.5 Å². The van der Waals surface area contributed by atoms with Gasteiger partial charge in [0, 0.05) is 13.1 Å². The molecule has 2 fully saturated rings. The Kier molecular flexibility index (Phi) is 2.67. The summed E-state index contributed by atoms with van der Waals surface area (Å²) >= 11 is 0. The predicted octanol–water partition coefficient (Wildman–Crippen LogP) is 3.04. The second-order valence-corrected chi connectivity index (χ2v) is 6.78. The van der Waals surface area contributed by atoms with E-state index in [0.717, 1.165) is 13.1 Å². The second-order valence-electron chi connectivity index (χ2n) is 6.78. The molecule has 1 aliphatic heterocycles.